The first kappa shape index (κ1) is 26.3. The molecule has 0 N–H and O–H groups in total. The fourth-order valence-corrected chi connectivity index (χ4v) is 7.11. The van der Waals surface area contributed by atoms with Crippen LogP contribution in [0.15, 0.2) is 170 Å². The molecule has 9 rings (SSSR count). The quantitative estimate of drug-likeness (QED) is 0.192. The van der Waals surface area contributed by atoms with Crippen molar-refractivity contribution in [3.63, 3.8) is 0 Å². The standard InChI is InChI=1S/C44H28N2/c1-3-13-35-31(10-1)24-34(32-12-9-23-45-26-32)25-41(35)44-39-17-7-5-15-37(39)43(38-16-6-8-18-40(38)44)30-21-19-29(20-22-30)42-28-46-27-33-11-2-4-14-36(33)42/h1-28H. The Morgan fingerprint density at radius 1 is 0.304 bits per heavy atom. The smallest absolute Gasteiger partial charge is 0.0352 e. The van der Waals surface area contributed by atoms with Gasteiger partial charge in [-0.05, 0) is 89.3 Å². The lowest BCUT2D eigenvalue weighted by molar-refractivity contribution is 1.33. The Morgan fingerprint density at radius 3 is 1.52 bits per heavy atom. The third kappa shape index (κ3) is 4.27. The molecule has 0 saturated heterocycles. The summed E-state index contributed by atoms with van der Waals surface area (Å²) in [7, 11) is 0. The number of rotatable bonds is 4. The molecule has 9 aromatic rings. The Morgan fingerprint density at radius 2 is 0.870 bits per heavy atom. The van der Waals surface area contributed by atoms with Gasteiger partial charge in [-0.2, -0.15) is 0 Å². The number of fused-ring (bicyclic) bond motifs is 4. The van der Waals surface area contributed by atoms with Crippen LogP contribution >= 0.6 is 0 Å². The number of aromatic nitrogens is 2. The van der Waals surface area contributed by atoms with Crippen molar-refractivity contribution < 1.29 is 0 Å². The molecular formula is C44H28N2. The predicted octanol–water partition coefficient (Wildman–Crippen LogP) is 11.8. The van der Waals surface area contributed by atoms with Crippen LogP contribution in [0.5, 0.6) is 0 Å². The molecule has 0 fully saturated rings. The van der Waals surface area contributed by atoms with Crippen molar-refractivity contribution in [2.24, 2.45) is 0 Å². The molecule has 0 atom stereocenters. The molecule has 2 heteroatoms. The lowest BCUT2D eigenvalue weighted by Crippen LogP contribution is -1.93. The fraction of sp³-hybridized carbons (Fsp3) is 0. The summed E-state index contributed by atoms with van der Waals surface area (Å²) in [6, 6.07) is 52.7. The molecule has 0 saturated carbocycles. The van der Waals surface area contributed by atoms with Gasteiger partial charge in [0.25, 0.3) is 0 Å². The van der Waals surface area contributed by atoms with Gasteiger partial charge in [-0.3, -0.25) is 9.97 Å². The van der Waals surface area contributed by atoms with E-state index in [9.17, 15) is 0 Å². The average molecular weight is 585 g/mol. The van der Waals surface area contributed by atoms with Gasteiger partial charge in [0, 0.05) is 41.3 Å². The van der Waals surface area contributed by atoms with E-state index in [-0.39, 0.29) is 0 Å². The molecule has 0 amide bonds. The van der Waals surface area contributed by atoms with Gasteiger partial charge in [0.1, 0.15) is 0 Å². The number of nitrogens with zero attached hydrogens (tertiary/aromatic N) is 2. The number of hydrogen-bond donors (Lipinski definition) is 0. The van der Waals surface area contributed by atoms with E-state index < -0.39 is 0 Å². The van der Waals surface area contributed by atoms with Crippen LogP contribution in [0.25, 0.3) is 87.6 Å². The van der Waals surface area contributed by atoms with Gasteiger partial charge in [0.05, 0.1) is 0 Å². The highest BCUT2D eigenvalue weighted by Gasteiger charge is 2.19. The molecular weight excluding hydrogens is 556 g/mol. The van der Waals surface area contributed by atoms with E-state index in [0.717, 1.165) is 27.6 Å². The third-order valence-corrected chi connectivity index (χ3v) is 9.21. The van der Waals surface area contributed by atoms with E-state index in [1.165, 1.54) is 60.0 Å². The zero-order valence-electron chi connectivity index (χ0n) is 25.1. The summed E-state index contributed by atoms with van der Waals surface area (Å²) < 4.78 is 0. The van der Waals surface area contributed by atoms with Crippen molar-refractivity contribution >= 4 is 43.1 Å². The van der Waals surface area contributed by atoms with Crippen LogP contribution in [-0.2, 0) is 0 Å². The number of hydrogen-bond acceptors (Lipinski definition) is 2. The second kappa shape index (κ2) is 10.8. The van der Waals surface area contributed by atoms with E-state index in [4.69, 9.17) is 0 Å². The van der Waals surface area contributed by atoms with Gasteiger partial charge in [-0.15, -0.1) is 0 Å². The summed E-state index contributed by atoms with van der Waals surface area (Å²) >= 11 is 0. The second-order valence-corrected chi connectivity index (χ2v) is 11.8. The molecule has 2 aromatic heterocycles. The highest BCUT2D eigenvalue weighted by Crippen LogP contribution is 2.46. The molecule has 0 spiro atoms. The Hall–Kier alpha value is -6.12. The minimum Gasteiger partial charge on any atom is -0.264 e. The lowest BCUT2D eigenvalue weighted by atomic mass is 9.83. The zero-order chi connectivity index (χ0) is 30.5. The fourth-order valence-electron chi connectivity index (χ4n) is 7.11. The molecule has 0 unspecified atom stereocenters. The van der Waals surface area contributed by atoms with Crippen molar-refractivity contribution in [2.45, 2.75) is 0 Å². The molecule has 2 nitrogen and oxygen atoms in total. The van der Waals surface area contributed by atoms with Crippen LogP contribution in [0.1, 0.15) is 0 Å². The molecule has 0 radical (unpaired) electrons. The Kier molecular flexibility index (Phi) is 6.17. The van der Waals surface area contributed by atoms with Crippen LogP contribution in [-0.4, -0.2) is 9.97 Å². The van der Waals surface area contributed by atoms with Gasteiger partial charge in [-0.1, -0.05) is 127 Å². The molecule has 214 valence electrons. The molecule has 0 aliphatic rings. The highest BCUT2D eigenvalue weighted by molar-refractivity contribution is 6.24. The maximum absolute atomic E-state index is 4.53. The Labute approximate surface area is 267 Å². The summed E-state index contributed by atoms with van der Waals surface area (Å²) in [6.07, 6.45) is 7.69. The van der Waals surface area contributed by atoms with E-state index in [1.54, 1.807) is 0 Å². The monoisotopic (exact) mass is 584 g/mol. The van der Waals surface area contributed by atoms with Crippen molar-refractivity contribution in [1.82, 2.24) is 9.97 Å². The average Bonchev–Trinajstić information content (AvgIpc) is 3.13. The van der Waals surface area contributed by atoms with Crippen LogP contribution in [0, 0.1) is 0 Å². The summed E-state index contributed by atoms with van der Waals surface area (Å²) in [4.78, 5) is 8.96. The van der Waals surface area contributed by atoms with Gasteiger partial charge in [-0.25, -0.2) is 0 Å². The van der Waals surface area contributed by atoms with Crippen molar-refractivity contribution in [1.29, 1.82) is 0 Å². The van der Waals surface area contributed by atoms with E-state index in [1.807, 2.05) is 30.9 Å². The predicted molar refractivity (Wildman–Crippen MR) is 194 cm³/mol. The van der Waals surface area contributed by atoms with Crippen molar-refractivity contribution in [3.05, 3.63) is 170 Å². The van der Waals surface area contributed by atoms with Crippen LogP contribution < -0.4 is 0 Å². The Balaban J connectivity index is 1.30. The number of benzene rings is 7. The van der Waals surface area contributed by atoms with E-state index in [0.29, 0.717) is 0 Å². The molecule has 0 aliphatic carbocycles. The molecule has 46 heavy (non-hydrogen) atoms. The lowest BCUT2D eigenvalue weighted by Gasteiger charge is -2.20. The molecule has 2 heterocycles. The summed E-state index contributed by atoms with van der Waals surface area (Å²) in [5, 5.41) is 9.79. The minimum atomic E-state index is 1.11. The zero-order valence-corrected chi connectivity index (χ0v) is 25.1. The van der Waals surface area contributed by atoms with Crippen LogP contribution in [0.4, 0.5) is 0 Å². The van der Waals surface area contributed by atoms with Gasteiger partial charge in [0.15, 0.2) is 0 Å². The second-order valence-electron chi connectivity index (χ2n) is 11.8. The first-order valence-corrected chi connectivity index (χ1v) is 15.6. The molecule has 7 aromatic carbocycles. The van der Waals surface area contributed by atoms with E-state index in [2.05, 4.69) is 149 Å². The first-order chi connectivity index (χ1) is 22.8. The minimum absolute atomic E-state index is 1.11. The van der Waals surface area contributed by atoms with Crippen molar-refractivity contribution in [3.8, 4) is 44.5 Å². The topological polar surface area (TPSA) is 25.8 Å². The maximum atomic E-state index is 4.53. The van der Waals surface area contributed by atoms with Crippen molar-refractivity contribution in [2.75, 3.05) is 0 Å². The van der Waals surface area contributed by atoms with Gasteiger partial charge >= 0.3 is 0 Å². The summed E-state index contributed by atoms with van der Waals surface area (Å²) in [5.74, 6) is 0. The van der Waals surface area contributed by atoms with E-state index >= 15 is 0 Å². The highest BCUT2D eigenvalue weighted by atomic mass is 14.6. The molecule has 0 aliphatic heterocycles. The SMILES string of the molecule is c1cncc(-c2cc(-c3c4ccccc4c(-c4ccc(-c5cncc6ccccc56)cc4)c4ccccc34)c3ccccc3c2)c1. The first-order valence-electron chi connectivity index (χ1n) is 15.6. The van der Waals surface area contributed by atoms with Crippen LogP contribution in [0.3, 0.4) is 0 Å². The third-order valence-electron chi connectivity index (χ3n) is 9.21. The summed E-state index contributed by atoms with van der Waals surface area (Å²) in [5.41, 5.74) is 9.53. The van der Waals surface area contributed by atoms with Crippen LogP contribution in [0.2, 0.25) is 0 Å². The number of pyridine rings is 2. The molecule has 0 bridgehead atoms. The normalized spacial score (nSPS) is 11.5. The van der Waals surface area contributed by atoms with Gasteiger partial charge in [0.2, 0.25) is 0 Å². The maximum Gasteiger partial charge on any atom is 0.0352 e. The van der Waals surface area contributed by atoms with Gasteiger partial charge < -0.3 is 0 Å². The Bertz CT molecular complexity index is 2500. The summed E-state index contributed by atoms with van der Waals surface area (Å²) in [6.45, 7) is 0. The largest absolute Gasteiger partial charge is 0.264 e.